The van der Waals surface area contributed by atoms with Crippen molar-refractivity contribution in [3.05, 3.63) is 0 Å². The molecular formula is C8H18O3. The fourth-order valence-corrected chi connectivity index (χ4v) is 1.000. The SMILES string of the molecule is CC.CC1COC(CO)C1O. The van der Waals surface area contributed by atoms with Crippen LogP contribution in [0.1, 0.15) is 20.8 Å². The van der Waals surface area contributed by atoms with Gasteiger partial charge in [0.2, 0.25) is 0 Å². The number of ether oxygens (including phenoxy) is 1. The Hall–Kier alpha value is -0.120. The van der Waals surface area contributed by atoms with Gasteiger partial charge in [0.1, 0.15) is 6.10 Å². The molecule has 0 aromatic carbocycles. The van der Waals surface area contributed by atoms with E-state index in [1.54, 1.807) is 0 Å². The lowest BCUT2D eigenvalue weighted by Crippen LogP contribution is -2.27. The van der Waals surface area contributed by atoms with Gasteiger partial charge in [-0.3, -0.25) is 0 Å². The molecule has 68 valence electrons. The minimum absolute atomic E-state index is 0.0779. The lowest BCUT2D eigenvalue weighted by molar-refractivity contribution is 0.00208. The molecule has 0 spiro atoms. The molecule has 3 nitrogen and oxygen atoms in total. The van der Waals surface area contributed by atoms with Gasteiger partial charge in [-0.25, -0.2) is 0 Å². The standard InChI is InChI=1S/C6H12O3.C2H6/c1-4-3-9-5(2-7)6(4)8;1-2/h4-8H,2-3H2,1H3;1-2H3. The monoisotopic (exact) mass is 162 g/mol. The van der Waals surface area contributed by atoms with Crippen molar-refractivity contribution >= 4 is 0 Å². The normalized spacial score (nSPS) is 36.3. The first-order valence-corrected chi connectivity index (χ1v) is 4.16. The number of aliphatic hydroxyl groups excluding tert-OH is 2. The van der Waals surface area contributed by atoms with Gasteiger partial charge in [-0.15, -0.1) is 0 Å². The maximum absolute atomic E-state index is 9.17. The van der Waals surface area contributed by atoms with Crippen LogP contribution in [0.4, 0.5) is 0 Å². The van der Waals surface area contributed by atoms with Crippen LogP contribution in [-0.4, -0.2) is 35.6 Å². The Morgan fingerprint density at radius 2 is 2.00 bits per heavy atom. The highest BCUT2D eigenvalue weighted by Crippen LogP contribution is 2.18. The fourth-order valence-electron chi connectivity index (χ4n) is 1.000. The van der Waals surface area contributed by atoms with Crippen LogP contribution in [0.5, 0.6) is 0 Å². The Morgan fingerprint density at radius 1 is 1.45 bits per heavy atom. The Morgan fingerprint density at radius 3 is 2.18 bits per heavy atom. The molecule has 0 saturated carbocycles. The zero-order chi connectivity index (χ0) is 8.85. The van der Waals surface area contributed by atoms with E-state index in [0.717, 1.165) is 0 Å². The van der Waals surface area contributed by atoms with Crippen LogP contribution < -0.4 is 0 Å². The summed E-state index contributed by atoms with van der Waals surface area (Å²) in [7, 11) is 0. The Bertz CT molecular complexity index is 95.3. The summed E-state index contributed by atoms with van der Waals surface area (Å²) >= 11 is 0. The quantitative estimate of drug-likeness (QED) is 0.587. The fraction of sp³-hybridized carbons (Fsp3) is 1.00. The Kier molecular flexibility index (Phi) is 5.46. The summed E-state index contributed by atoms with van der Waals surface area (Å²) in [6, 6.07) is 0. The van der Waals surface area contributed by atoms with Crippen molar-refractivity contribution < 1.29 is 14.9 Å². The highest BCUT2D eigenvalue weighted by molar-refractivity contribution is 4.79. The summed E-state index contributed by atoms with van der Waals surface area (Å²) < 4.78 is 5.03. The van der Waals surface area contributed by atoms with E-state index in [-0.39, 0.29) is 18.6 Å². The second kappa shape index (κ2) is 5.52. The largest absolute Gasteiger partial charge is 0.394 e. The van der Waals surface area contributed by atoms with Crippen LogP contribution >= 0.6 is 0 Å². The first kappa shape index (κ1) is 10.9. The predicted octanol–water partition coefficient (Wildman–Crippen LogP) is 0.401. The van der Waals surface area contributed by atoms with Gasteiger partial charge in [-0.2, -0.15) is 0 Å². The van der Waals surface area contributed by atoms with Crippen molar-refractivity contribution in [1.29, 1.82) is 0 Å². The van der Waals surface area contributed by atoms with Crippen molar-refractivity contribution in [2.24, 2.45) is 5.92 Å². The molecule has 3 unspecified atom stereocenters. The van der Waals surface area contributed by atoms with E-state index in [1.165, 1.54) is 0 Å². The summed E-state index contributed by atoms with van der Waals surface area (Å²) in [6.07, 6.45) is -0.824. The lowest BCUT2D eigenvalue weighted by atomic mass is 10.1. The van der Waals surface area contributed by atoms with E-state index in [0.29, 0.717) is 6.61 Å². The molecule has 11 heavy (non-hydrogen) atoms. The van der Waals surface area contributed by atoms with Crippen LogP contribution in [0.2, 0.25) is 0 Å². The molecule has 0 aromatic rings. The molecule has 1 rings (SSSR count). The zero-order valence-corrected chi connectivity index (χ0v) is 7.45. The molecular weight excluding hydrogens is 144 g/mol. The second-order valence-electron chi connectivity index (χ2n) is 2.52. The van der Waals surface area contributed by atoms with E-state index in [2.05, 4.69) is 0 Å². The smallest absolute Gasteiger partial charge is 0.107 e. The van der Waals surface area contributed by atoms with Crippen molar-refractivity contribution in [3.63, 3.8) is 0 Å². The minimum atomic E-state index is -0.477. The number of hydrogen-bond donors (Lipinski definition) is 2. The van der Waals surface area contributed by atoms with Gasteiger partial charge in [0.15, 0.2) is 0 Å². The molecule has 1 fully saturated rings. The maximum Gasteiger partial charge on any atom is 0.107 e. The molecule has 0 amide bonds. The first-order valence-electron chi connectivity index (χ1n) is 4.16. The van der Waals surface area contributed by atoms with Crippen molar-refractivity contribution in [1.82, 2.24) is 0 Å². The summed E-state index contributed by atoms with van der Waals surface area (Å²) in [5.41, 5.74) is 0. The van der Waals surface area contributed by atoms with Gasteiger partial charge in [-0.1, -0.05) is 20.8 Å². The number of aliphatic hydroxyl groups is 2. The van der Waals surface area contributed by atoms with Crippen molar-refractivity contribution in [3.8, 4) is 0 Å². The third-order valence-electron chi connectivity index (χ3n) is 1.72. The highest BCUT2D eigenvalue weighted by atomic mass is 16.5. The van der Waals surface area contributed by atoms with Gasteiger partial charge >= 0.3 is 0 Å². The number of rotatable bonds is 1. The molecule has 1 aliphatic heterocycles. The topological polar surface area (TPSA) is 49.7 Å². The lowest BCUT2D eigenvalue weighted by Gasteiger charge is -2.10. The van der Waals surface area contributed by atoms with Crippen molar-refractivity contribution in [2.75, 3.05) is 13.2 Å². The van der Waals surface area contributed by atoms with E-state index < -0.39 is 6.10 Å². The summed E-state index contributed by atoms with van der Waals surface area (Å²) in [5.74, 6) is 0.169. The molecule has 3 atom stereocenters. The first-order chi connectivity index (χ1) is 5.25. The van der Waals surface area contributed by atoms with Gasteiger partial charge < -0.3 is 14.9 Å². The highest BCUT2D eigenvalue weighted by Gasteiger charge is 2.31. The molecule has 1 aliphatic rings. The van der Waals surface area contributed by atoms with E-state index >= 15 is 0 Å². The van der Waals surface area contributed by atoms with E-state index in [1.807, 2.05) is 20.8 Å². The van der Waals surface area contributed by atoms with Crippen LogP contribution in [0.25, 0.3) is 0 Å². The van der Waals surface area contributed by atoms with Crippen molar-refractivity contribution in [2.45, 2.75) is 33.0 Å². The third kappa shape index (κ3) is 2.77. The summed E-state index contributed by atoms with van der Waals surface area (Å²) in [6.45, 7) is 6.39. The minimum Gasteiger partial charge on any atom is -0.394 e. The van der Waals surface area contributed by atoms with Crippen LogP contribution in [-0.2, 0) is 4.74 Å². The Labute approximate surface area is 68.0 Å². The van der Waals surface area contributed by atoms with Gasteiger partial charge in [-0.05, 0) is 0 Å². The molecule has 1 saturated heterocycles. The average molecular weight is 162 g/mol. The predicted molar refractivity (Wildman–Crippen MR) is 43.3 cm³/mol. The van der Waals surface area contributed by atoms with Gasteiger partial charge in [0.05, 0.1) is 19.3 Å². The second-order valence-corrected chi connectivity index (χ2v) is 2.52. The summed E-state index contributed by atoms with van der Waals surface area (Å²) in [5, 5.41) is 17.7. The van der Waals surface area contributed by atoms with Crippen LogP contribution in [0, 0.1) is 5.92 Å². The van der Waals surface area contributed by atoms with Gasteiger partial charge in [0, 0.05) is 5.92 Å². The van der Waals surface area contributed by atoms with E-state index in [9.17, 15) is 5.11 Å². The third-order valence-corrected chi connectivity index (χ3v) is 1.72. The molecule has 0 aromatic heterocycles. The molecule has 2 N–H and O–H groups in total. The number of hydrogen-bond acceptors (Lipinski definition) is 3. The van der Waals surface area contributed by atoms with E-state index in [4.69, 9.17) is 9.84 Å². The summed E-state index contributed by atoms with van der Waals surface area (Å²) in [4.78, 5) is 0. The molecule has 0 radical (unpaired) electrons. The van der Waals surface area contributed by atoms with Gasteiger partial charge in [0.25, 0.3) is 0 Å². The molecule has 0 bridgehead atoms. The molecule has 3 heteroatoms. The maximum atomic E-state index is 9.17. The Balaban J connectivity index is 0.000000461. The zero-order valence-electron chi connectivity index (χ0n) is 7.45. The molecule has 0 aliphatic carbocycles. The average Bonchev–Trinajstić information content (AvgIpc) is 2.37. The molecule has 1 heterocycles. The van der Waals surface area contributed by atoms with Crippen LogP contribution in [0.15, 0.2) is 0 Å². The van der Waals surface area contributed by atoms with Crippen LogP contribution in [0.3, 0.4) is 0 Å².